The number of rotatable bonds is 7. The molecule has 2 aromatic rings. The molecule has 3 heteroatoms. The molecule has 0 radical (unpaired) electrons. The maximum Gasteiger partial charge on any atom is 0.148 e. The Morgan fingerprint density at radius 3 is 2.55 bits per heavy atom. The van der Waals surface area contributed by atoms with E-state index in [0.717, 1.165) is 34.7 Å². The first-order valence-electron chi connectivity index (χ1n) is 7.60. The van der Waals surface area contributed by atoms with Gasteiger partial charge in [-0.25, -0.2) is 0 Å². The highest BCUT2D eigenvalue weighted by atomic mass is 79.9. The van der Waals surface area contributed by atoms with E-state index in [4.69, 9.17) is 4.42 Å². The summed E-state index contributed by atoms with van der Waals surface area (Å²) in [6, 6.07) is 8.67. The Kier molecular flexibility index (Phi) is 5.67. The van der Waals surface area contributed by atoms with Crippen molar-refractivity contribution in [2.75, 3.05) is 6.54 Å². The summed E-state index contributed by atoms with van der Waals surface area (Å²) >= 11 is 3.56. The van der Waals surface area contributed by atoms with Crippen LogP contribution in [0.2, 0.25) is 0 Å². The Morgan fingerprint density at radius 1 is 1.20 bits per heavy atom. The van der Waals surface area contributed by atoms with Crippen molar-refractivity contribution >= 4 is 26.9 Å². The van der Waals surface area contributed by atoms with E-state index in [9.17, 15) is 0 Å². The van der Waals surface area contributed by atoms with Gasteiger partial charge in [0.25, 0.3) is 0 Å². The van der Waals surface area contributed by atoms with Crippen molar-refractivity contribution in [1.29, 1.82) is 0 Å². The first-order chi connectivity index (χ1) is 9.69. The quantitative estimate of drug-likeness (QED) is 0.703. The van der Waals surface area contributed by atoms with Gasteiger partial charge < -0.3 is 9.73 Å². The lowest BCUT2D eigenvalue weighted by atomic mass is 9.93. The van der Waals surface area contributed by atoms with Gasteiger partial charge in [-0.1, -0.05) is 45.7 Å². The topological polar surface area (TPSA) is 25.2 Å². The lowest BCUT2D eigenvalue weighted by Gasteiger charge is -2.20. The third-order valence-corrected chi connectivity index (χ3v) is 4.66. The molecule has 0 spiro atoms. The fourth-order valence-electron chi connectivity index (χ4n) is 2.72. The zero-order valence-corrected chi connectivity index (χ0v) is 14.2. The van der Waals surface area contributed by atoms with Crippen LogP contribution in [0.15, 0.2) is 33.2 Å². The first-order valence-corrected chi connectivity index (χ1v) is 8.40. The van der Waals surface area contributed by atoms with Gasteiger partial charge in [0.1, 0.15) is 11.3 Å². The van der Waals surface area contributed by atoms with Crippen molar-refractivity contribution in [3.05, 3.63) is 34.5 Å². The average molecular weight is 338 g/mol. The molecule has 0 saturated heterocycles. The molecule has 2 nitrogen and oxygen atoms in total. The minimum absolute atomic E-state index is 0.309. The lowest BCUT2D eigenvalue weighted by Crippen LogP contribution is -2.22. The highest BCUT2D eigenvalue weighted by Gasteiger charge is 2.19. The predicted octanol–water partition coefficient (Wildman–Crippen LogP) is 5.67. The second-order valence-electron chi connectivity index (χ2n) is 5.34. The van der Waals surface area contributed by atoms with Crippen LogP contribution in [-0.2, 0) is 0 Å². The van der Waals surface area contributed by atoms with Crippen molar-refractivity contribution in [1.82, 2.24) is 5.32 Å². The molecule has 1 heterocycles. The number of halogens is 1. The zero-order chi connectivity index (χ0) is 14.5. The first kappa shape index (κ1) is 15.6. The molecule has 110 valence electrons. The van der Waals surface area contributed by atoms with Crippen molar-refractivity contribution < 1.29 is 4.42 Å². The second-order valence-corrected chi connectivity index (χ2v) is 6.19. The van der Waals surface area contributed by atoms with E-state index in [1.165, 1.54) is 18.2 Å². The smallest absolute Gasteiger partial charge is 0.148 e. The predicted molar refractivity (Wildman–Crippen MR) is 89.0 cm³/mol. The van der Waals surface area contributed by atoms with E-state index in [-0.39, 0.29) is 0 Å². The van der Waals surface area contributed by atoms with Crippen LogP contribution >= 0.6 is 15.9 Å². The maximum atomic E-state index is 6.09. The largest absolute Gasteiger partial charge is 0.458 e. The highest BCUT2D eigenvalue weighted by Crippen LogP contribution is 2.32. The van der Waals surface area contributed by atoms with E-state index < -0.39 is 0 Å². The van der Waals surface area contributed by atoms with Crippen molar-refractivity contribution in [3.63, 3.8) is 0 Å². The molecule has 1 N–H and O–H groups in total. The number of benzene rings is 1. The number of hydrogen-bond acceptors (Lipinski definition) is 2. The normalized spacial score (nSPS) is 13.2. The molecule has 0 amide bonds. The summed E-state index contributed by atoms with van der Waals surface area (Å²) in [6.07, 6.45) is 3.59. The van der Waals surface area contributed by atoms with Crippen LogP contribution in [0.1, 0.15) is 51.8 Å². The molecule has 0 fully saturated rings. The number of nitrogens with one attached hydrogen (secondary N) is 1. The SMILES string of the molecule is CCNC(CC(CC)CC)c1cc2cccc(Br)c2o1. The Morgan fingerprint density at radius 2 is 1.95 bits per heavy atom. The van der Waals surface area contributed by atoms with E-state index in [2.05, 4.69) is 60.2 Å². The van der Waals surface area contributed by atoms with Gasteiger partial charge in [-0.15, -0.1) is 0 Å². The molecule has 0 bridgehead atoms. The Bertz CT molecular complexity index is 545. The lowest BCUT2D eigenvalue weighted by molar-refractivity contribution is 0.338. The van der Waals surface area contributed by atoms with E-state index in [0.29, 0.717) is 6.04 Å². The van der Waals surface area contributed by atoms with Crippen LogP contribution in [0.4, 0.5) is 0 Å². The summed E-state index contributed by atoms with van der Waals surface area (Å²) in [5.41, 5.74) is 0.954. The maximum absolute atomic E-state index is 6.09. The van der Waals surface area contributed by atoms with E-state index in [1.807, 2.05) is 6.07 Å². The van der Waals surface area contributed by atoms with Gasteiger partial charge in [-0.2, -0.15) is 0 Å². The molecule has 0 aliphatic carbocycles. The molecule has 1 atom stereocenters. The van der Waals surface area contributed by atoms with Gasteiger partial charge in [-0.05, 0) is 46.9 Å². The van der Waals surface area contributed by atoms with Crippen LogP contribution in [0.3, 0.4) is 0 Å². The van der Waals surface area contributed by atoms with E-state index in [1.54, 1.807) is 0 Å². The molecule has 2 rings (SSSR count). The molecule has 1 aromatic carbocycles. The summed E-state index contributed by atoms with van der Waals surface area (Å²) in [5.74, 6) is 1.80. The molecule has 1 aromatic heterocycles. The fraction of sp³-hybridized carbons (Fsp3) is 0.529. The average Bonchev–Trinajstić information content (AvgIpc) is 2.89. The van der Waals surface area contributed by atoms with Gasteiger partial charge >= 0.3 is 0 Å². The third-order valence-electron chi connectivity index (χ3n) is 4.03. The van der Waals surface area contributed by atoms with Crippen LogP contribution in [-0.4, -0.2) is 6.54 Å². The molecule has 0 aliphatic heterocycles. The van der Waals surface area contributed by atoms with Gasteiger partial charge in [0, 0.05) is 5.39 Å². The monoisotopic (exact) mass is 337 g/mol. The van der Waals surface area contributed by atoms with Crippen LogP contribution in [0.25, 0.3) is 11.0 Å². The summed E-state index contributed by atoms with van der Waals surface area (Å²) in [7, 11) is 0. The zero-order valence-electron chi connectivity index (χ0n) is 12.6. The number of hydrogen-bond donors (Lipinski definition) is 1. The summed E-state index contributed by atoms with van der Waals surface area (Å²) in [5, 5.41) is 4.74. The summed E-state index contributed by atoms with van der Waals surface area (Å²) < 4.78 is 7.12. The Labute approximate surface area is 130 Å². The summed E-state index contributed by atoms with van der Waals surface area (Å²) in [4.78, 5) is 0. The number of furan rings is 1. The second kappa shape index (κ2) is 7.28. The van der Waals surface area contributed by atoms with Crippen molar-refractivity contribution in [2.24, 2.45) is 5.92 Å². The molecular formula is C17H24BrNO. The van der Waals surface area contributed by atoms with Gasteiger partial charge in [0.05, 0.1) is 10.5 Å². The molecular weight excluding hydrogens is 314 g/mol. The van der Waals surface area contributed by atoms with Gasteiger partial charge in [-0.3, -0.25) is 0 Å². The van der Waals surface area contributed by atoms with Gasteiger partial charge in [0.15, 0.2) is 0 Å². The van der Waals surface area contributed by atoms with Gasteiger partial charge in [0.2, 0.25) is 0 Å². The molecule has 0 aliphatic rings. The summed E-state index contributed by atoms with van der Waals surface area (Å²) in [6.45, 7) is 7.65. The standard InChI is InChI=1S/C17H24BrNO/c1-4-12(5-2)10-15(19-6-3)16-11-13-8-7-9-14(18)17(13)20-16/h7-9,11-12,15,19H,4-6,10H2,1-3H3. The van der Waals surface area contributed by atoms with E-state index >= 15 is 0 Å². The minimum atomic E-state index is 0.309. The van der Waals surface area contributed by atoms with Crippen LogP contribution < -0.4 is 5.32 Å². The molecule has 1 unspecified atom stereocenters. The third kappa shape index (κ3) is 3.44. The van der Waals surface area contributed by atoms with Crippen molar-refractivity contribution in [2.45, 2.75) is 46.1 Å². The van der Waals surface area contributed by atoms with Crippen LogP contribution in [0, 0.1) is 5.92 Å². The van der Waals surface area contributed by atoms with Crippen LogP contribution in [0.5, 0.6) is 0 Å². The fourth-order valence-corrected chi connectivity index (χ4v) is 3.18. The number of fused-ring (bicyclic) bond motifs is 1. The minimum Gasteiger partial charge on any atom is -0.458 e. The highest BCUT2D eigenvalue weighted by molar-refractivity contribution is 9.10. The Hall–Kier alpha value is -0.800. The molecule has 20 heavy (non-hydrogen) atoms. The number of para-hydroxylation sites is 1. The van der Waals surface area contributed by atoms with Crippen molar-refractivity contribution in [3.8, 4) is 0 Å². The molecule has 0 saturated carbocycles. The Balaban J connectivity index is 2.28.